The number of thioether (sulfide) groups is 1. The SMILES string of the molecule is O=C(Nc1ncn[nH]1)C1CSCN1. The lowest BCUT2D eigenvalue weighted by molar-refractivity contribution is -0.117. The molecule has 1 unspecified atom stereocenters. The summed E-state index contributed by atoms with van der Waals surface area (Å²) in [4.78, 5) is 15.2. The molecule has 0 spiro atoms. The lowest BCUT2D eigenvalue weighted by Gasteiger charge is -2.07. The van der Waals surface area contributed by atoms with Gasteiger partial charge in [-0.3, -0.25) is 15.4 Å². The second kappa shape index (κ2) is 3.75. The highest BCUT2D eigenvalue weighted by Crippen LogP contribution is 2.10. The summed E-state index contributed by atoms with van der Waals surface area (Å²) in [6.45, 7) is 0. The minimum absolute atomic E-state index is 0.0678. The Bertz CT molecular complexity index is 281. The molecule has 1 amide bonds. The normalized spacial score (nSPS) is 21.7. The maximum atomic E-state index is 11.4. The van der Waals surface area contributed by atoms with Crippen molar-refractivity contribution in [3.05, 3.63) is 6.33 Å². The second-order valence-corrected chi connectivity index (χ2v) is 3.63. The van der Waals surface area contributed by atoms with E-state index < -0.39 is 0 Å². The Morgan fingerprint density at radius 3 is 3.31 bits per heavy atom. The molecule has 2 heterocycles. The number of hydrogen-bond donors (Lipinski definition) is 3. The fourth-order valence-corrected chi connectivity index (χ4v) is 1.97. The van der Waals surface area contributed by atoms with E-state index in [1.54, 1.807) is 11.8 Å². The molecule has 13 heavy (non-hydrogen) atoms. The van der Waals surface area contributed by atoms with E-state index in [1.807, 2.05) is 0 Å². The van der Waals surface area contributed by atoms with Crippen LogP contribution in [0.25, 0.3) is 0 Å². The molecule has 1 aliphatic rings. The minimum atomic E-state index is -0.116. The number of rotatable bonds is 2. The average Bonchev–Trinajstić information content (AvgIpc) is 2.74. The molecule has 2 rings (SSSR count). The number of amides is 1. The van der Waals surface area contributed by atoms with E-state index in [1.165, 1.54) is 6.33 Å². The van der Waals surface area contributed by atoms with Gasteiger partial charge in [-0.25, -0.2) is 5.10 Å². The van der Waals surface area contributed by atoms with Crippen LogP contribution in [0.5, 0.6) is 0 Å². The fourth-order valence-electron chi connectivity index (χ4n) is 1.03. The first-order chi connectivity index (χ1) is 6.36. The highest BCUT2D eigenvalue weighted by atomic mass is 32.2. The van der Waals surface area contributed by atoms with Crippen LogP contribution in [0, 0.1) is 0 Å². The molecule has 0 radical (unpaired) electrons. The van der Waals surface area contributed by atoms with E-state index in [2.05, 4.69) is 25.8 Å². The number of hydrogen-bond acceptors (Lipinski definition) is 5. The van der Waals surface area contributed by atoms with Crippen LogP contribution in [0.1, 0.15) is 0 Å². The van der Waals surface area contributed by atoms with E-state index in [0.717, 1.165) is 11.6 Å². The first-order valence-corrected chi connectivity index (χ1v) is 4.99. The maximum absolute atomic E-state index is 11.4. The molecule has 3 N–H and O–H groups in total. The van der Waals surface area contributed by atoms with E-state index in [0.29, 0.717) is 5.95 Å². The van der Waals surface area contributed by atoms with Gasteiger partial charge in [0, 0.05) is 11.6 Å². The zero-order chi connectivity index (χ0) is 9.10. The number of carbonyl (C=O) groups is 1. The van der Waals surface area contributed by atoms with Crippen LogP contribution < -0.4 is 10.6 Å². The molecule has 0 bridgehead atoms. The fraction of sp³-hybridized carbons (Fsp3) is 0.500. The van der Waals surface area contributed by atoms with Gasteiger partial charge in [0.2, 0.25) is 11.9 Å². The van der Waals surface area contributed by atoms with Gasteiger partial charge in [0.25, 0.3) is 0 Å². The van der Waals surface area contributed by atoms with Crippen molar-refractivity contribution in [2.45, 2.75) is 6.04 Å². The minimum Gasteiger partial charge on any atom is -0.296 e. The number of aromatic nitrogens is 3. The summed E-state index contributed by atoms with van der Waals surface area (Å²) in [5, 5.41) is 11.9. The van der Waals surface area contributed by atoms with Crippen molar-refractivity contribution in [2.75, 3.05) is 16.9 Å². The highest BCUT2D eigenvalue weighted by Gasteiger charge is 2.22. The van der Waals surface area contributed by atoms with Crippen molar-refractivity contribution in [3.8, 4) is 0 Å². The van der Waals surface area contributed by atoms with Gasteiger partial charge >= 0.3 is 0 Å². The number of nitrogens with zero attached hydrogens (tertiary/aromatic N) is 2. The van der Waals surface area contributed by atoms with Gasteiger partial charge in [-0.05, 0) is 0 Å². The molecular formula is C6H9N5OS. The predicted octanol–water partition coefficient (Wildman–Crippen LogP) is -0.594. The maximum Gasteiger partial charge on any atom is 0.244 e. The Hall–Kier alpha value is -1.08. The van der Waals surface area contributed by atoms with E-state index >= 15 is 0 Å². The molecule has 1 atom stereocenters. The number of nitrogens with one attached hydrogen (secondary N) is 3. The summed E-state index contributed by atoms with van der Waals surface area (Å²) in [6.07, 6.45) is 1.35. The Labute approximate surface area is 78.9 Å². The van der Waals surface area contributed by atoms with Crippen LogP contribution in [-0.4, -0.2) is 38.8 Å². The number of anilines is 1. The second-order valence-electron chi connectivity index (χ2n) is 2.60. The molecule has 7 heteroatoms. The molecule has 6 nitrogen and oxygen atoms in total. The van der Waals surface area contributed by atoms with Gasteiger partial charge in [-0.1, -0.05) is 0 Å². The van der Waals surface area contributed by atoms with Gasteiger partial charge < -0.3 is 0 Å². The van der Waals surface area contributed by atoms with Gasteiger partial charge in [0.05, 0.1) is 6.04 Å². The van der Waals surface area contributed by atoms with E-state index in [-0.39, 0.29) is 11.9 Å². The zero-order valence-electron chi connectivity index (χ0n) is 6.78. The van der Waals surface area contributed by atoms with E-state index in [4.69, 9.17) is 0 Å². The van der Waals surface area contributed by atoms with E-state index in [9.17, 15) is 4.79 Å². The monoisotopic (exact) mass is 199 g/mol. The van der Waals surface area contributed by atoms with Crippen LogP contribution in [0.3, 0.4) is 0 Å². The van der Waals surface area contributed by atoms with Crippen LogP contribution in [-0.2, 0) is 4.79 Å². The highest BCUT2D eigenvalue weighted by molar-refractivity contribution is 7.99. The molecule has 1 aromatic heterocycles. The van der Waals surface area contributed by atoms with Gasteiger partial charge in [-0.2, -0.15) is 10.1 Å². The Morgan fingerprint density at radius 1 is 1.77 bits per heavy atom. The summed E-state index contributed by atoms with van der Waals surface area (Å²) in [5.74, 6) is 1.96. The quantitative estimate of drug-likeness (QED) is 0.593. The van der Waals surface area contributed by atoms with Crippen molar-refractivity contribution >= 4 is 23.6 Å². The molecule has 70 valence electrons. The van der Waals surface area contributed by atoms with Crippen LogP contribution in [0.2, 0.25) is 0 Å². The summed E-state index contributed by atoms with van der Waals surface area (Å²) < 4.78 is 0. The lowest BCUT2D eigenvalue weighted by atomic mass is 10.3. The molecule has 1 fully saturated rings. The molecule has 1 aromatic rings. The number of H-pyrrole nitrogens is 1. The average molecular weight is 199 g/mol. The Morgan fingerprint density at radius 2 is 2.69 bits per heavy atom. The van der Waals surface area contributed by atoms with Crippen molar-refractivity contribution in [3.63, 3.8) is 0 Å². The van der Waals surface area contributed by atoms with Crippen LogP contribution >= 0.6 is 11.8 Å². The van der Waals surface area contributed by atoms with Crippen LogP contribution in [0.15, 0.2) is 6.33 Å². The summed E-state index contributed by atoms with van der Waals surface area (Å²) >= 11 is 1.70. The van der Waals surface area contributed by atoms with Crippen LogP contribution in [0.4, 0.5) is 5.95 Å². The summed E-state index contributed by atoms with van der Waals surface area (Å²) in [6, 6.07) is -0.116. The topological polar surface area (TPSA) is 82.7 Å². The molecule has 1 aliphatic heterocycles. The van der Waals surface area contributed by atoms with Crippen molar-refractivity contribution in [2.24, 2.45) is 0 Å². The van der Waals surface area contributed by atoms with Gasteiger partial charge in [-0.15, -0.1) is 11.8 Å². The third kappa shape index (κ3) is 1.99. The lowest BCUT2D eigenvalue weighted by Crippen LogP contribution is -2.37. The molecule has 0 aromatic carbocycles. The first kappa shape index (κ1) is 8.52. The largest absolute Gasteiger partial charge is 0.296 e. The number of carbonyl (C=O) groups excluding carboxylic acids is 1. The Balaban J connectivity index is 1.91. The van der Waals surface area contributed by atoms with Crippen molar-refractivity contribution < 1.29 is 4.79 Å². The number of aromatic amines is 1. The molecule has 0 aliphatic carbocycles. The van der Waals surface area contributed by atoms with Crippen molar-refractivity contribution in [1.82, 2.24) is 20.5 Å². The summed E-state index contributed by atoms with van der Waals surface area (Å²) in [5.41, 5.74) is 0. The predicted molar refractivity (Wildman–Crippen MR) is 49.3 cm³/mol. The zero-order valence-corrected chi connectivity index (χ0v) is 7.60. The first-order valence-electron chi connectivity index (χ1n) is 3.83. The standard InChI is InChI=1S/C6H9N5OS/c12-5(4-1-13-3-8-4)10-6-7-2-9-11-6/h2,4,8H,1,3H2,(H2,7,9,10,11,12). The molecule has 1 saturated heterocycles. The third-order valence-corrected chi connectivity index (χ3v) is 2.63. The molecule has 0 saturated carbocycles. The van der Waals surface area contributed by atoms with Gasteiger partial charge in [0.1, 0.15) is 6.33 Å². The summed E-state index contributed by atoms with van der Waals surface area (Å²) in [7, 11) is 0. The molecular weight excluding hydrogens is 190 g/mol. The van der Waals surface area contributed by atoms with Crippen molar-refractivity contribution in [1.29, 1.82) is 0 Å². The Kier molecular flexibility index (Phi) is 2.46. The van der Waals surface area contributed by atoms with Gasteiger partial charge in [0.15, 0.2) is 0 Å². The third-order valence-electron chi connectivity index (χ3n) is 1.69. The smallest absolute Gasteiger partial charge is 0.244 e.